The average molecular weight is 929 g/mol. The summed E-state index contributed by atoms with van der Waals surface area (Å²) >= 11 is 0. The minimum absolute atomic E-state index is 0.0519. The SMILES string of the molecule is CC(C(=O)/C=C/c1ccc(OC(=O)c2ccc(OCCCC(F)(F)C(F)(F)F)cc2)cc1)C(O)(O)C(=O)/C=C/c1ccc(OC(=O)c2ccc(OCCCC(F)(F)C(F)(F)F)cc2)cc1. The van der Waals surface area contributed by atoms with E-state index >= 15 is 0 Å². The predicted octanol–water partition coefficient (Wildman–Crippen LogP) is 10.0. The highest BCUT2D eigenvalue weighted by Crippen LogP contribution is 2.40. The lowest BCUT2D eigenvalue weighted by molar-refractivity contribution is -0.284. The van der Waals surface area contributed by atoms with Gasteiger partial charge in [0.1, 0.15) is 23.0 Å². The zero-order valence-corrected chi connectivity index (χ0v) is 33.8. The zero-order valence-electron chi connectivity index (χ0n) is 33.8. The lowest BCUT2D eigenvalue weighted by Gasteiger charge is -2.23. The molecule has 4 aromatic carbocycles. The number of carbonyl (C=O) groups is 4. The van der Waals surface area contributed by atoms with Crippen LogP contribution in [-0.4, -0.2) is 76.9 Å². The maximum Gasteiger partial charge on any atom is 0.453 e. The van der Waals surface area contributed by atoms with Crippen LogP contribution in [0.3, 0.4) is 0 Å². The Kier molecular flexibility index (Phi) is 16.8. The Bertz CT molecular complexity index is 2300. The average Bonchev–Trinajstić information content (AvgIpc) is 3.25. The van der Waals surface area contributed by atoms with Gasteiger partial charge in [-0.3, -0.25) is 9.59 Å². The van der Waals surface area contributed by atoms with Crippen molar-refractivity contribution in [1.82, 2.24) is 0 Å². The molecule has 0 radical (unpaired) electrons. The number of esters is 2. The van der Waals surface area contributed by atoms with Crippen LogP contribution in [0, 0.1) is 5.92 Å². The molecule has 0 bridgehead atoms. The number of hydrogen-bond donors (Lipinski definition) is 2. The van der Waals surface area contributed by atoms with Gasteiger partial charge in [0.25, 0.3) is 0 Å². The Balaban J connectivity index is 1.21. The summed E-state index contributed by atoms with van der Waals surface area (Å²) in [5.74, 6) is -17.7. The first-order valence-corrected chi connectivity index (χ1v) is 19.2. The van der Waals surface area contributed by atoms with E-state index in [4.69, 9.17) is 18.9 Å². The molecule has 0 heterocycles. The van der Waals surface area contributed by atoms with Crippen LogP contribution >= 0.6 is 0 Å². The van der Waals surface area contributed by atoms with Crippen molar-refractivity contribution in [1.29, 1.82) is 0 Å². The second kappa shape index (κ2) is 21.4. The molecule has 1 unspecified atom stereocenters. The van der Waals surface area contributed by atoms with Crippen molar-refractivity contribution in [2.24, 2.45) is 5.92 Å². The van der Waals surface area contributed by atoms with E-state index < -0.39 is 98.3 Å². The van der Waals surface area contributed by atoms with E-state index in [1.807, 2.05) is 0 Å². The third kappa shape index (κ3) is 14.8. The summed E-state index contributed by atoms with van der Waals surface area (Å²) in [5.41, 5.74) is 0.889. The molecular formula is C45H38F10O10. The fourth-order valence-electron chi connectivity index (χ4n) is 5.28. The van der Waals surface area contributed by atoms with Gasteiger partial charge >= 0.3 is 36.1 Å². The smallest absolute Gasteiger partial charge is 0.453 e. The summed E-state index contributed by atoms with van der Waals surface area (Å²) in [4.78, 5) is 50.7. The van der Waals surface area contributed by atoms with Crippen LogP contribution in [0.1, 0.15) is 64.4 Å². The van der Waals surface area contributed by atoms with Gasteiger partial charge in [-0.25, -0.2) is 9.59 Å². The van der Waals surface area contributed by atoms with Gasteiger partial charge in [-0.2, -0.15) is 43.9 Å². The maximum atomic E-state index is 13.0. The van der Waals surface area contributed by atoms with Crippen LogP contribution in [-0.2, 0) is 9.59 Å². The normalized spacial score (nSPS) is 13.1. The maximum absolute atomic E-state index is 13.0. The van der Waals surface area contributed by atoms with Crippen molar-refractivity contribution >= 4 is 35.7 Å². The Hall–Kier alpha value is -6.54. The molecule has 4 aromatic rings. The standard InChI is InChI=1S/C45H38F10O10/c1-28(37(56)22-8-29-4-14-35(15-5-29)64-39(58)31-10-18-33(19-11-31)62-26-2-24-41(46,47)44(50,51)52)43(60,61)38(57)23-9-30-6-16-36(17-7-30)65-40(59)32-12-20-34(21-13-32)63-27-3-25-42(48,49)45(53,54)55/h4-23,28,60-61H,2-3,24-27H2,1H3/b22-8+,23-9+. The summed E-state index contributed by atoms with van der Waals surface area (Å²) in [6.07, 6.45) is -11.0. The number of carbonyl (C=O) groups excluding carboxylic acids is 4. The summed E-state index contributed by atoms with van der Waals surface area (Å²) in [6, 6.07) is 21.6. The van der Waals surface area contributed by atoms with Gasteiger partial charge in [0.05, 0.1) is 30.3 Å². The molecule has 0 saturated carbocycles. The van der Waals surface area contributed by atoms with E-state index in [2.05, 4.69) is 0 Å². The highest BCUT2D eigenvalue weighted by molar-refractivity contribution is 6.05. The topological polar surface area (TPSA) is 146 Å². The van der Waals surface area contributed by atoms with Crippen molar-refractivity contribution in [3.8, 4) is 23.0 Å². The summed E-state index contributed by atoms with van der Waals surface area (Å²) in [6.45, 7) is 0.273. The lowest BCUT2D eigenvalue weighted by atomic mass is 9.91. The fraction of sp³-hybridized carbons (Fsp3) is 0.289. The zero-order chi connectivity index (χ0) is 48.2. The number of alkyl halides is 10. The van der Waals surface area contributed by atoms with Gasteiger partial charge in [-0.15, -0.1) is 0 Å². The van der Waals surface area contributed by atoms with E-state index in [0.717, 1.165) is 19.1 Å². The largest absolute Gasteiger partial charge is 0.494 e. The minimum Gasteiger partial charge on any atom is -0.494 e. The first-order valence-electron chi connectivity index (χ1n) is 19.2. The number of benzene rings is 4. The van der Waals surface area contributed by atoms with Crippen LogP contribution in [0.15, 0.2) is 109 Å². The minimum atomic E-state index is -5.66. The van der Waals surface area contributed by atoms with Crippen LogP contribution in [0.25, 0.3) is 12.2 Å². The van der Waals surface area contributed by atoms with E-state index in [0.29, 0.717) is 11.1 Å². The van der Waals surface area contributed by atoms with Gasteiger partial charge in [-0.1, -0.05) is 36.4 Å². The summed E-state index contributed by atoms with van der Waals surface area (Å²) in [5, 5.41) is 21.1. The Morgan fingerprint density at radius 2 is 0.862 bits per heavy atom. The monoisotopic (exact) mass is 928 g/mol. The molecule has 0 spiro atoms. The molecule has 0 fully saturated rings. The van der Waals surface area contributed by atoms with E-state index in [1.165, 1.54) is 109 Å². The van der Waals surface area contributed by atoms with Gasteiger partial charge in [0.15, 0.2) is 5.78 Å². The molecule has 4 rings (SSSR count). The molecule has 0 amide bonds. The molecule has 2 N–H and O–H groups in total. The highest BCUT2D eigenvalue weighted by atomic mass is 19.4. The van der Waals surface area contributed by atoms with Crippen LogP contribution in [0.5, 0.6) is 23.0 Å². The Morgan fingerprint density at radius 3 is 1.22 bits per heavy atom. The van der Waals surface area contributed by atoms with Crippen LogP contribution in [0.2, 0.25) is 0 Å². The van der Waals surface area contributed by atoms with Gasteiger partial charge in [0, 0.05) is 12.8 Å². The molecule has 20 heteroatoms. The Morgan fingerprint density at radius 1 is 0.523 bits per heavy atom. The van der Waals surface area contributed by atoms with Crippen molar-refractivity contribution in [3.05, 3.63) is 131 Å². The van der Waals surface area contributed by atoms with Crippen LogP contribution < -0.4 is 18.9 Å². The van der Waals surface area contributed by atoms with Gasteiger partial charge < -0.3 is 29.2 Å². The molecule has 0 aliphatic heterocycles. The predicted molar refractivity (Wildman–Crippen MR) is 212 cm³/mol. The molecule has 0 aromatic heterocycles. The molecule has 348 valence electrons. The fourth-order valence-corrected chi connectivity index (χ4v) is 5.28. The molecule has 1 atom stereocenters. The number of hydrogen-bond acceptors (Lipinski definition) is 10. The van der Waals surface area contributed by atoms with Crippen molar-refractivity contribution in [2.75, 3.05) is 13.2 Å². The molecule has 0 aliphatic carbocycles. The molecule has 10 nitrogen and oxygen atoms in total. The number of ether oxygens (including phenoxy) is 4. The number of allylic oxidation sites excluding steroid dienone is 1. The number of halogens is 10. The molecule has 0 saturated heterocycles. The quantitative estimate of drug-likeness (QED) is 0.0207. The van der Waals surface area contributed by atoms with Crippen molar-refractivity contribution in [2.45, 2.75) is 62.6 Å². The van der Waals surface area contributed by atoms with E-state index in [9.17, 15) is 73.3 Å². The van der Waals surface area contributed by atoms with E-state index in [1.54, 1.807) is 0 Å². The first kappa shape index (κ1) is 51.1. The third-order valence-corrected chi connectivity index (χ3v) is 9.26. The van der Waals surface area contributed by atoms with Crippen molar-refractivity contribution < 1.29 is 92.2 Å². The molecule has 65 heavy (non-hydrogen) atoms. The van der Waals surface area contributed by atoms with Gasteiger partial charge in [0.2, 0.25) is 11.6 Å². The first-order chi connectivity index (χ1) is 30.3. The molecular weight excluding hydrogens is 890 g/mol. The summed E-state index contributed by atoms with van der Waals surface area (Å²) in [7, 11) is 0. The molecule has 0 aliphatic rings. The van der Waals surface area contributed by atoms with Crippen LogP contribution in [0.4, 0.5) is 43.9 Å². The Labute approximate surface area is 363 Å². The number of rotatable bonds is 21. The highest BCUT2D eigenvalue weighted by Gasteiger charge is 2.57. The lowest BCUT2D eigenvalue weighted by Crippen LogP contribution is -2.46. The van der Waals surface area contributed by atoms with E-state index in [-0.39, 0.29) is 34.1 Å². The third-order valence-electron chi connectivity index (χ3n) is 9.26. The number of ketones is 2. The van der Waals surface area contributed by atoms with Gasteiger partial charge in [-0.05, 0) is 116 Å². The number of aliphatic hydroxyl groups is 2. The second-order valence-corrected chi connectivity index (χ2v) is 14.2. The van der Waals surface area contributed by atoms with Crippen molar-refractivity contribution in [3.63, 3.8) is 0 Å². The second-order valence-electron chi connectivity index (χ2n) is 14.2. The summed E-state index contributed by atoms with van der Waals surface area (Å²) < 4.78 is 147.